The number of aryl methyl sites for hydroxylation is 2. The van der Waals surface area contributed by atoms with Crippen molar-refractivity contribution in [2.24, 2.45) is 4.99 Å². The molecule has 6 nitrogen and oxygen atoms in total. The predicted molar refractivity (Wildman–Crippen MR) is 114 cm³/mol. The number of rotatable bonds is 5. The predicted octanol–water partition coefficient (Wildman–Crippen LogP) is 4.21. The van der Waals surface area contributed by atoms with Crippen LogP contribution in [0.2, 0.25) is 5.02 Å². The zero-order valence-corrected chi connectivity index (χ0v) is 17.3. The summed E-state index contributed by atoms with van der Waals surface area (Å²) in [4.78, 5) is 29.1. The van der Waals surface area contributed by atoms with E-state index in [0.717, 1.165) is 16.8 Å². The van der Waals surface area contributed by atoms with E-state index >= 15 is 0 Å². The number of carbonyl (C=O) groups is 2. The van der Waals surface area contributed by atoms with Crippen molar-refractivity contribution in [3.63, 3.8) is 0 Å². The second-order valence-electron chi connectivity index (χ2n) is 6.40. The summed E-state index contributed by atoms with van der Waals surface area (Å²) < 4.78 is 5.09. The lowest BCUT2D eigenvalue weighted by Crippen LogP contribution is -2.28. The van der Waals surface area contributed by atoms with Crippen LogP contribution in [0.15, 0.2) is 41.4 Å². The first-order valence-corrected chi connectivity index (χ1v) is 9.88. The largest absolute Gasteiger partial charge is 0.495 e. The number of thioether (sulfide) groups is 1. The Balaban J connectivity index is 1.64. The quantitative estimate of drug-likeness (QED) is 0.763. The second kappa shape index (κ2) is 8.67. The fourth-order valence-corrected chi connectivity index (χ4v) is 3.90. The van der Waals surface area contributed by atoms with Crippen LogP contribution in [0.25, 0.3) is 0 Å². The fourth-order valence-electron chi connectivity index (χ4n) is 2.67. The van der Waals surface area contributed by atoms with E-state index in [1.54, 1.807) is 18.2 Å². The molecule has 0 bridgehead atoms. The minimum atomic E-state index is -0.530. The van der Waals surface area contributed by atoms with Crippen LogP contribution in [0.4, 0.5) is 11.4 Å². The SMILES string of the molecule is COc1ccc(NC(=O)C[C@@H]2SC(=Nc3cc(C)ccc3C)NC2=O)cc1Cl. The maximum atomic E-state index is 12.3. The van der Waals surface area contributed by atoms with E-state index in [1.165, 1.54) is 18.9 Å². The molecule has 1 atom stereocenters. The third-order valence-corrected chi connectivity index (χ3v) is 5.55. The van der Waals surface area contributed by atoms with Gasteiger partial charge < -0.3 is 15.4 Å². The molecular weight excluding hydrogens is 398 g/mol. The molecule has 1 aliphatic heterocycles. The van der Waals surface area contributed by atoms with Crippen molar-refractivity contribution < 1.29 is 14.3 Å². The van der Waals surface area contributed by atoms with Gasteiger partial charge in [0.25, 0.3) is 0 Å². The summed E-state index contributed by atoms with van der Waals surface area (Å²) in [7, 11) is 1.52. The third kappa shape index (κ3) is 4.85. The van der Waals surface area contributed by atoms with Crippen LogP contribution in [-0.2, 0) is 9.59 Å². The molecule has 1 saturated heterocycles. The van der Waals surface area contributed by atoms with E-state index in [9.17, 15) is 9.59 Å². The molecule has 146 valence electrons. The molecule has 0 spiro atoms. The number of hydrogen-bond acceptors (Lipinski definition) is 5. The van der Waals surface area contributed by atoms with Crippen molar-refractivity contribution in [1.29, 1.82) is 0 Å². The lowest BCUT2D eigenvalue weighted by molar-refractivity contribution is -0.122. The number of nitrogens with zero attached hydrogens (tertiary/aromatic N) is 1. The number of carbonyl (C=O) groups excluding carboxylic acids is 2. The monoisotopic (exact) mass is 417 g/mol. The van der Waals surface area contributed by atoms with Gasteiger partial charge >= 0.3 is 0 Å². The van der Waals surface area contributed by atoms with Crippen molar-refractivity contribution in [2.75, 3.05) is 12.4 Å². The molecule has 8 heteroatoms. The Morgan fingerprint density at radius 1 is 1.29 bits per heavy atom. The highest BCUT2D eigenvalue weighted by atomic mass is 35.5. The zero-order valence-electron chi connectivity index (χ0n) is 15.7. The van der Waals surface area contributed by atoms with E-state index in [2.05, 4.69) is 15.6 Å². The normalized spacial score (nSPS) is 17.5. The molecule has 2 N–H and O–H groups in total. The molecule has 0 radical (unpaired) electrons. The van der Waals surface area contributed by atoms with Crippen LogP contribution < -0.4 is 15.4 Å². The van der Waals surface area contributed by atoms with Crippen molar-refractivity contribution >= 4 is 51.7 Å². The molecule has 1 fully saturated rings. The summed E-state index contributed by atoms with van der Waals surface area (Å²) in [6.07, 6.45) is 0.0337. The molecular formula is C20H20ClN3O3S. The Hall–Kier alpha value is -2.51. The first kappa shape index (κ1) is 20.2. The Morgan fingerprint density at radius 3 is 2.79 bits per heavy atom. The van der Waals surface area contributed by atoms with Crippen molar-refractivity contribution in [1.82, 2.24) is 5.32 Å². The first-order chi connectivity index (χ1) is 13.4. The summed E-state index contributed by atoms with van der Waals surface area (Å²) in [5, 5.41) is 5.87. The minimum absolute atomic E-state index is 0.0337. The van der Waals surface area contributed by atoms with Crippen LogP contribution in [0.3, 0.4) is 0 Å². The van der Waals surface area contributed by atoms with Crippen LogP contribution in [0, 0.1) is 13.8 Å². The summed E-state index contributed by atoms with van der Waals surface area (Å²) in [5.74, 6) is 0.0246. The van der Waals surface area contributed by atoms with E-state index in [0.29, 0.717) is 21.6 Å². The summed E-state index contributed by atoms with van der Waals surface area (Å²) in [6.45, 7) is 3.95. The van der Waals surface area contributed by atoms with Crippen LogP contribution in [-0.4, -0.2) is 29.3 Å². The molecule has 0 saturated carbocycles. The molecule has 0 aromatic heterocycles. The van der Waals surface area contributed by atoms with E-state index in [1.807, 2.05) is 32.0 Å². The van der Waals surface area contributed by atoms with Crippen LogP contribution in [0.1, 0.15) is 17.5 Å². The number of amidine groups is 1. The van der Waals surface area contributed by atoms with Crippen LogP contribution in [0.5, 0.6) is 5.75 Å². The maximum Gasteiger partial charge on any atom is 0.240 e. The highest BCUT2D eigenvalue weighted by Gasteiger charge is 2.32. The fraction of sp³-hybridized carbons (Fsp3) is 0.250. The average molecular weight is 418 g/mol. The van der Waals surface area contributed by atoms with Gasteiger partial charge in [-0.2, -0.15) is 0 Å². The molecule has 1 heterocycles. The number of nitrogens with one attached hydrogen (secondary N) is 2. The van der Waals surface area contributed by atoms with Gasteiger partial charge in [0.2, 0.25) is 11.8 Å². The van der Waals surface area contributed by atoms with Gasteiger partial charge in [-0.1, -0.05) is 35.5 Å². The lowest BCUT2D eigenvalue weighted by atomic mass is 10.1. The Bertz CT molecular complexity index is 962. The van der Waals surface area contributed by atoms with Gasteiger partial charge in [-0.05, 0) is 49.2 Å². The molecule has 2 aromatic carbocycles. The van der Waals surface area contributed by atoms with Gasteiger partial charge in [-0.3, -0.25) is 9.59 Å². The number of hydrogen-bond donors (Lipinski definition) is 2. The molecule has 3 rings (SSSR count). The molecule has 1 aliphatic rings. The Kier molecular flexibility index (Phi) is 6.26. The van der Waals surface area contributed by atoms with Gasteiger partial charge in [-0.25, -0.2) is 4.99 Å². The lowest BCUT2D eigenvalue weighted by Gasteiger charge is -2.09. The number of aliphatic imine (C=N–C) groups is 1. The molecule has 2 amide bonds. The summed E-state index contributed by atoms with van der Waals surface area (Å²) in [5.41, 5.74) is 3.46. The van der Waals surface area contributed by atoms with Gasteiger partial charge in [0.1, 0.15) is 11.0 Å². The average Bonchev–Trinajstić information content (AvgIpc) is 2.97. The Morgan fingerprint density at radius 2 is 2.07 bits per heavy atom. The van der Waals surface area contributed by atoms with E-state index in [4.69, 9.17) is 16.3 Å². The standard InChI is InChI=1S/C20H20ClN3O3S/c1-11-4-5-12(2)15(8-11)23-20-24-19(26)17(28-20)10-18(25)22-13-6-7-16(27-3)14(21)9-13/h4-9,17H,10H2,1-3H3,(H,22,25)(H,23,24,26)/t17-/m0/s1. The molecule has 0 aliphatic carbocycles. The number of ether oxygens (including phenoxy) is 1. The molecule has 28 heavy (non-hydrogen) atoms. The molecule has 2 aromatic rings. The van der Waals surface area contributed by atoms with Gasteiger partial charge in [0, 0.05) is 12.1 Å². The summed E-state index contributed by atoms with van der Waals surface area (Å²) in [6, 6.07) is 10.9. The van der Waals surface area contributed by atoms with E-state index in [-0.39, 0.29) is 18.2 Å². The maximum absolute atomic E-state index is 12.3. The third-order valence-electron chi connectivity index (χ3n) is 4.17. The molecule has 0 unspecified atom stereocenters. The number of benzene rings is 2. The second-order valence-corrected chi connectivity index (χ2v) is 8.00. The topological polar surface area (TPSA) is 79.8 Å². The Labute approximate surface area is 172 Å². The van der Waals surface area contributed by atoms with Gasteiger partial charge in [0.15, 0.2) is 5.17 Å². The number of halogens is 1. The smallest absolute Gasteiger partial charge is 0.240 e. The zero-order chi connectivity index (χ0) is 20.3. The van der Waals surface area contributed by atoms with E-state index < -0.39 is 5.25 Å². The minimum Gasteiger partial charge on any atom is -0.495 e. The van der Waals surface area contributed by atoms with Crippen molar-refractivity contribution in [3.05, 3.63) is 52.5 Å². The highest BCUT2D eigenvalue weighted by molar-refractivity contribution is 8.15. The highest BCUT2D eigenvalue weighted by Crippen LogP contribution is 2.29. The van der Waals surface area contributed by atoms with Crippen molar-refractivity contribution in [2.45, 2.75) is 25.5 Å². The van der Waals surface area contributed by atoms with Crippen molar-refractivity contribution in [3.8, 4) is 5.75 Å². The number of anilines is 1. The first-order valence-electron chi connectivity index (χ1n) is 8.62. The number of methoxy groups -OCH3 is 1. The van der Waals surface area contributed by atoms with Gasteiger partial charge in [-0.15, -0.1) is 0 Å². The van der Waals surface area contributed by atoms with Gasteiger partial charge in [0.05, 0.1) is 17.8 Å². The summed E-state index contributed by atoms with van der Waals surface area (Å²) >= 11 is 7.32. The number of amides is 2. The van der Waals surface area contributed by atoms with Crippen LogP contribution >= 0.6 is 23.4 Å².